The molecule has 0 bridgehead atoms. The molecule has 0 saturated heterocycles. The van der Waals surface area contributed by atoms with E-state index in [1.54, 1.807) is 17.8 Å². The molecule has 0 radical (unpaired) electrons. The van der Waals surface area contributed by atoms with E-state index in [0.29, 0.717) is 5.56 Å². The first-order valence-electron chi connectivity index (χ1n) is 5.13. The summed E-state index contributed by atoms with van der Waals surface area (Å²) in [6.45, 7) is 0. The van der Waals surface area contributed by atoms with Gasteiger partial charge in [-0.25, -0.2) is 4.42 Å². The van der Waals surface area contributed by atoms with Crippen molar-refractivity contribution < 1.29 is 4.79 Å². The molecule has 0 fully saturated rings. The number of benzene rings is 2. The zero-order valence-electron chi connectivity index (χ0n) is 8.76. The van der Waals surface area contributed by atoms with Gasteiger partial charge in [-0.3, -0.25) is 4.79 Å². The van der Waals surface area contributed by atoms with Crippen LogP contribution < -0.4 is 4.42 Å². The van der Waals surface area contributed by atoms with Gasteiger partial charge in [0.2, 0.25) is 0 Å². The molecule has 0 atom stereocenters. The number of hydrogen-bond acceptors (Lipinski definition) is 2. The van der Waals surface area contributed by atoms with E-state index >= 15 is 0 Å². The van der Waals surface area contributed by atoms with Gasteiger partial charge in [0.05, 0.1) is 11.3 Å². The fourth-order valence-corrected chi connectivity index (χ4v) is 3.12. The monoisotopic (exact) mass is 261 g/mol. The molecule has 0 spiro atoms. The average molecular weight is 262 g/mol. The summed E-state index contributed by atoms with van der Waals surface area (Å²) in [5.74, 6) is -0.181. The second kappa shape index (κ2) is 4.09. The molecule has 1 aliphatic rings. The third-order valence-corrected chi connectivity index (χ3v) is 4.07. The molecule has 0 saturated carbocycles. The van der Waals surface area contributed by atoms with E-state index in [4.69, 9.17) is 11.8 Å². The molecule has 1 aliphatic heterocycles. The molecule has 0 unspecified atom stereocenters. The summed E-state index contributed by atoms with van der Waals surface area (Å²) in [6.07, 6.45) is 0. The van der Waals surface area contributed by atoms with Crippen LogP contribution in [0.15, 0.2) is 58.3 Å². The van der Waals surface area contributed by atoms with Crippen molar-refractivity contribution in [2.45, 2.75) is 9.79 Å². The van der Waals surface area contributed by atoms with Gasteiger partial charge in [0, 0.05) is 21.6 Å². The number of anilines is 1. The minimum atomic E-state index is -0.181. The van der Waals surface area contributed by atoms with Crippen LogP contribution in [0.3, 0.4) is 0 Å². The molecule has 3 rings (SSSR count). The van der Waals surface area contributed by atoms with Crippen LogP contribution in [0.25, 0.3) is 0 Å². The lowest BCUT2D eigenvalue weighted by molar-refractivity contribution is 0.100. The minimum Gasteiger partial charge on any atom is -0.267 e. The van der Waals surface area contributed by atoms with Crippen molar-refractivity contribution in [1.82, 2.24) is 0 Å². The molecule has 2 nitrogen and oxygen atoms in total. The lowest BCUT2D eigenvalue weighted by atomic mass is 10.2. The molecule has 84 valence electrons. The average Bonchev–Trinajstić information content (AvgIpc) is 2.48. The van der Waals surface area contributed by atoms with E-state index in [0.717, 1.165) is 15.5 Å². The Hall–Kier alpha value is -1.45. The third kappa shape index (κ3) is 1.72. The van der Waals surface area contributed by atoms with Crippen molar-refractivity contribution in [3.63, 3.8) is 0 Å². The molecule has 1 amide bonds. The third-order valence-electron chi connectivity index (χ3n) is 2.59. The smallest absolute Gasteiger partial charge is 0.267 e. The fourth-order valence-electron chi connectivity index (χ4n) is 1.77. The van der Waals surface area contributed by atoms with Crippen molar-refractivity contribution in [2.24, 2.45) is 0 Å². The van der Waals surface area contributed by atoms with Gasteiger partial charge in [-0.1, -0.05) is 36.0 Å². The van der Waals surface area contributed by atoms with Gasteiger partial charge in [0.15, 0.2) is 0 Å². The summed E-state index contributed by atoms with van der Waals surface area (Å²) in [6, 6.07) is 15.1. The predicted octanol–water partition coefficient (Wildman–Crippen LogP) is 3.95. The number of nitrogens with zero attached hydrogens (tertiary/aromatic N) is 1. The maximum atomic E-state index is 12.2. The first-order chi connectivity index (χ1) is 8.27. The van der Waals surface area contributed by atoms with Crippen LogP contribution >= 0.6 is 23.5 Å². The molecule has 2 aromatic carbocycles. The Bertz CT molecular complexity index is 599. The van der Waals surface area contributed by atoms with Crippen molar-refractivity contribution >= 4 is 35.1 Å². The van der Waals surface area contributed by atoms with E-state index in [9.17, 15) is 4.79 Å². The highest BCUT2D eigenvalue weighted by molar-refractivity contribution is 7.99. The van der Waals surface area contributed by atoms with Gasteiger partial charge in [-0.05, 0) is 24.3 Å². The highest BCUT2D eigenvalue weighted by Crippen LogP contribution is 2.41. The van der Waals surface area contributed by atoms with Crippen molar-refractivity contribution in [2.75, 3.05) is 4.42 Å². The Labute approximate surface area is 108 Å². The molecule has 0 N–H and O–H groups in total. The SMILES string of the molecule is O=C1c2ccccc2Sc2ccccc2N1Cl. The maximum Gasteiger partial charge on any atom is 0.274 e. The highest BCUT2D eigenvalue weighted by Gasteiger charge is 2.25. The Kier molecular flexibility index (Phi) is 2.57. The quantitative estimate of drug-likeness (QED) is 0.669. The Balaban J connectivity index is 2.24. The highest BCUT2D eigenvalue weighted by atomic mass is 35.5. The summed E-state index contributed by atoms with van der Waals surface area (Å²) < 4.78 is 1.19. The van der Waals surface area contributed by atoms with Crippen molar-refractivity contribution in [3.8, 4) is 0 Å². The van der Waals surface area contributed by atoms with Crippen LogP contribution in [0, 0.1) is 0 Å². The molecule has 2 aromatic rings. The Morgan fingerprint density at radius 3 is 2.41 bits per heavy atom. The standard InChI is InChI=1S/C13H8ClNOS/c14-15-10-6-2-4-8-12(10)17-11-7-3-1-5-9(11)13(15)16/h1-8H. The number of hydrogen-bond donors (Lipinski definition) is 0. The number of carbonyl (C=O) groups is 1. The zero-order chi connectivity index (χ0) is 11.8. The van der Waals surface area contributed by atoms with Crippen LogP contribution in [0.4, 0.5) is 5.69 Å². The lowest BCUT2D eigenvalue weighted by Gasteiger charge is -2.13. The number of fused-ring (bicyclic) bond motifs is 2. The van der Waals surface area contributed by atoms with E-state index in [-0.39, 0.29) is 5.91 Å². The Morgan fingerprint density at radius 2 is 1.59 bits per heavy atom. The maximum absolute atomic E-state index is 12.2. The number of rotatable bonds is 0. The molecule has 0 aliphatic carbocycles. The predicted molar refractivity (Wildman–Crippen MR) is 69.7 cm³/mol. The van der Waals surface area contributed by atoms with Gasteiger partial charge in [-0.15, -0.1) is 0 Å². The van der Waals surface area contributed by atoms with Crippen LogP contribution in [-0.4, -0.2) is 5.91 Å². The molecule has 0 aromatic heterocycles. The first kappa shape index (κ1) is 10.7. The number of halogens is 1. The van der Waals surface area contributed by atoms with Crippen molar-refractivity contribution in [1.29, 1.82) is 0 Å². The summed E-state index contributed by atoms with van der Waals surface area (Å²) in [5, 5.41) is 0. The summed E-state index contributed by atoms with van der Waals surface area (Å²) in [7, 11) is 0. The fraction of sp³-hybridized carbons (Fsp3) is 0. The lowest BCUT2D eigenvalue weighted by Crippen LogP contribution is -2.20. The zero-order valence-corrected chi connectivity index (χ0v) is 10.3. The molecular weight excluding hydrogens is 254 g/mol. The molecule has 4 heteroatoms. The largest absolute Gasteiger partial charge is 0.274 e. The second-order valence-electron chi connectivity index (χ2n) is 3.65. The Morgan fingerprint density at radius 1 is 0.941 bits per heavy atom. The van der Waals surface area contributed by atoms with Crippen LogP contribution in [0.5, 0.6) is 0 Å². The van der Waals surface area contributed by atoms with Gasteiger partial charge in [0.25, 0.3) is 5.91 Å². The summed E-state index contributed by atoms with van der Waals surface area (Å²) in [5.41, 5.74) is 1.38. The molecular formula is C13H8ClNOS. The van der Waals surface area contributed by atoms with Crippen LogP contribution in [0.1, 0.15) is 10.4 Å². The van der Waals surface area contributed by atoms with Crippen LogP contribution in [-0.2, 0) is 0 Å². The van der Waals surface area contributed by atoms with E-state index < -0.39 is 0 Å². The molecule has 17 heavy (non-hydrogen) atoms. The van der Waals surface area contributed by atoms with E-state index in [2.05, 4.69) is 0 Å². The minimum absolute atomic E-state index is 0.181. The van der Waals surface area contributed by atoms with Crippen molar-refractivity contribution in [3.05, 3.63) is 54.1 Å². The molecule has 1 heterocycles. The summed E-state index contributed by atoms with van der Waals surface area (Å²) in [4.78, 5) is 14.1. The van der Waals surface area contributed by atoms with E-state index in [1.807, 2.05) is 42.5 Å². The normalized spacial score (nSPS) is 13.9. The van der Waals surface area contributed by atoms with Gasteiger partial charge in [-0.2, -0.15) is 0 Å². The topological polar surface area (TPSA) is 20.3 Å². The first-order valence-corrected chi connectivity index (χ1v) is 6.29. The summed E-state index contributed by atoms with van der Waals surface area (Å²) >= 11 is 7.66. The number of amides is 1. The van der Waals surface area contributed by atoms with Gasteiger partial charge < -0.3 is 0 Å². The van der Waals surface area contributed by atoms with Gasteiger partial charge in [0.1, 0.15) is 0 Å². The van der Waals surface area contributed by atoms with E-state index in [1.165, 1.54) is 4.42 Å². The van der Waals surface area contributed by atoms with Crippen LogP contribution in [0.2, 0.25) is 0 Å². The number of carbonyl (C=O) groups excluding carboxylic acids is 1. The second-order valence-corrected chi connectivity index (χ2v) is 5.07. The number of para-hydroxylation sites is 1. The van der Waals surface area contributed by atoms with Gasteiger partial charge >= 0.3 is 0 Å².